The molecule has 0 atom stereocenters. The van der Waals surface area contributed by atoms with Crippen LogP contribution in [0.5, 0.6) is 0 Å². The van der Waals surface area contributed by atoms with Crippen LogP contribution in [-0.4, -0.2) is 9.97 Å². The number of rotatable bonds is 4. The lowest BCUT2D eigenvalue weighted by Gasteiger charge is -2.02. The van der Waals surface area contributed by atoms with Crippen molar-refractivity contribution in [3.05, 3.63) is 60.0 Å². The van der Waals surface area contributed by atoms with Crippen LogP contribution in [0.4, 0.5) is 0 Å². The molecule has 0 radical (unpaired) electrons. The fraction of sp³-hybridized carbons (Fsp3) is 0.176. The van der Waals surface area contributed by atoms with Gasteiger partial charge in [0.05, 0.1) is 10.6 Å². The highest BCUT2D eigenvalue weighted by Gasteiger charge is 2.14. The second-order valence-electron chi connectivity index (χ2n) is 4.75. The van der Waals surface area contributed by atoms with Crippen molar-refractivity contribution < 1.29 is 0 Å². The van der Waals surface area contributed by atoms with E-state index < -0.39 is 0 Å². The molecule has 3 nitrogen and oxygen atoms in total. The molecule has 0 spiro atoms. The maximum atomic E-state index is 5.88. The zero-order valence-corrected chi connectivity index (χ0v) is 12.7. The Hall–Kier alpha value is -2.04. The molecule has 0 aliphatic carbocycles. The Balaban J connectivity index is 2.12. The molecule has 0 aliphatic heterocycles. The largest absolute Gasteiger partial charge is 0.325 e. The predicted molar refractivity (Wildman–Crippen MR) is 88.1 cm³/mol. The van der Waals surface area contributed by atoms with Gasteiger partial charge < -0.3 is 5.73 Å². The van der Waals surface area contributed by atoms with Gasteiger partial charge in [0.15, 0.2) is 0 Å². The first-order valence-corrected chi connectivity index (χ1v) is 7.83. The second-order valence-corrected chi connectivity index (χ2v) is 5.75. The van der Waals surface area contributed by atoms with Crippen LogP contribution in [0.15, 0.2) is 48.8 Å². The molecule has 106 valence electrons. The Morgan fingerprint density at radius 3 is 2.67 bits per heavy atom. The summed E-state index contributed by atoms with van der Waals surface area (Å²) in [6.45, 7) is 2.59. The zero-order chi connectivity index (χ0) is 14.7. The first-order valence-electron chi connectivity index (χ1n) is 7.02. The summed E-state index contributed by atoms with van der Waals surface area (Å²) in [5.74, 6) is 0. The zero-order valence-electron chi connectivity index (χ0n) is 11.9. The van der Waals surface area contributed by atoms with Crippen LogP contribution in [0.25, 0.3) is 21.0 Å². The smallest absolute Gasteiger partial charge is 0.124 e. The Bertz CT molecular complexity index is 735. The molecule has 0 amide bonds. The maximum Gasteiger partial charge on any atom is 0.124 e. The molecule has 2 heterocycles. The summed E-state index contributed by atoms with van der Waals surface area (Å²) in [4.78, 5) is 10.1. The van der Waals surface area contributed by atoms with Gasteiger partial charge in [-0.2, -0.15) is 0 Å². The van der Waals surface area contributed by atoms with E-state index in [-0.39, 0.29) is 0 Å². The van der Waals surface area contributed by atoms with Crippen molar-refractivity contribution in [3.63, 3.8) is 0 Å². The lowest BCUT2D eigenvalue weighted by atomic mass is 10.1. The summed E-state index contributed by atoms with van der Waals surface area (Å²) >= 11 is 1.70. The van der Waals surface area contributed by atoms with Crippen molar-refractivity contribution >= 4 is 11.3 Å². The van der Waals surface area contributed by atoms with Crippen molar-refractivity contribution in [1.29, 1.82) is 0 Å². The van der Waals surface area contributed by atoms with Gasteiger partial charge in [-0.1, -0.05) is 37.3 Å². The van der Waals surface area contributed by atoms with E-state index in [9.17, 15) is 0 Å². The fourth-order valence-electron chi connectivity index (χ4n) is 2.34. The maximum absolute atomic E-state index is 5.88. The van der Waals surface area contributed by atoms with Crippen LogP contribution in [0, 0.1) is 0 Å². The van der Waals surface area contributed by atoms with Crippen LogP contribution in [-0.2, 0) is 13.0 Å². The van der Waals surface area contributed by atoms with Gasteiger partial charge in [-0.25, -0.2) is 4.98 Å². The van der Waals surface area contributed by atoms with Gasteiger partial charge in [-0.05, 0) is 23.6 Å². The Morgan fingerprint density at radius 1 is 1.14 bits per heavy atom. The summed E-state index contributed by atoms with van der Waals surface area (Å²) in [7, 11) is 0. The lowest BCUT2D eigenvalue weighted by Crippen LogP contribution is -1.98. The molecule has 0 unspecified atom stereocenters. The number of aromatic nitrogens is 2. The monoisotopic (exact) mass is 295 g/mol. The third-order valence-corrected chi connectivity index (χ3v) is 4.62. The molecular formula is C17H17N3S. The van der Waals surface area contributed by atoms with Crippen molar-refractivity contribution in [1.82, 2.24) is 9.97 Å². The molecule has 1 aromatic carbocycles. The minimum atomic E-state index is 0.452. The number of thiazole rings is 1. The van der Waals surface area contributed by atoms with E-state index >= 15 is 0 Å². The summed E-state index contributed by atoms with van der Waals surface area (Å²) in [6.07, 6.45) is 4.68. The van der Waals surface area contributed by atoms with Crippen LogP contribution in [0.3, 0.4) is 0 Å². The number of benzene rings is 1. The molecule has 0 bridgehead atoms. The summed E-state index contributed by atoms with van der Waals surface area (Å²) in [5, 5.41) is 1.02. The fourth-order valence-corrected chi connectivity index (χ4v) is 3.50. The number of hydrogen-bond donors (Lipinski definition) is 1. The number of pyridine rings is 1. The first kappa shape index (κ1) is 13.9. The second kappa shape index (κ2) is 6.16. The quantitative estimate of drug-likeness (QED) is 0.794. The van der Waals surface area contributed by atoms with Gasteiger partial charge in [0.25, 0.3) is 0 Å². The van der Waals surface area contributed by atoms with Gasteiger partial charge in [-0.15, -0.1) is 11.3 Å². The third kappa shape index (κ3) is 2.73. The third-order valence-electron chi connectivity index (χ3n) is 3.44. The minimum Gasteiger partial charge on any atom is -0.325 e. The highest BCUT2D eigenvalue weighted by atomic mass is 32.1. The van der Waals surface area contributed by atoms with Gasteiger partial charge >= 0.3 is 0 Å². The molecule has 0 saturated heterocycles. The summed E-state index contributed by atoms with van der Waals surface area (Å²) < 4.78 is 0. The van der Waals surface area contributed by atoms with Crippen molar-refractivity contribution in [2.45, 2.75) is 19.9 Å². The molecule has 0 saturated carbocycles. The molecule has 2 aromatic heterocycles. The Labute approximate surface area is 128 Å². The molecule has 2 N–H and O–H groups in total. The number of aryl methyl sites for hydroxylation is 1. The van der Waals surface area contributed by atoms with Crippen molar-refractivity contribution in [3.8, 4) is 21.0 Å². The van der Waals surface area contributed by atoms with E-state index in [2.05, 4.69) is 24.0 Å². The van der Waals surface area contributed by atoms with E-state index in [0.717, 1.165) is 27.6 Å². The van der Waals surface area contributed by atoms with E-state index in [1.807, 2.05) is 36.7 Å². The Morgan fingerprint density at radius 2 is 1.95 bits per heavy atom. The van der Waals surface area contributed by atoms with Crippen LogP contribution >= 0.6 is 11.3 Å². The molecule has 3 aromatic rings. The number of nitrogens with two attached hydrogens (primary N) is 1. The predicted octanol–water partition coefficient (Wildman–Crippen LogP) is 3.89. The average molecular weight is 295 g/mol. The molecule has 3 rings (SSSR count). The standard InChI is InChI=1S/C17H17N3S/c1-2-12-11-19-9-8-14(12)17-20-15(10-18)16(21-17)13-6-4-3-5-7-13/h3-9,11H,2,10,18H2,1H3. The van der Waals surface area contributed by atoms with Crippen LogP contribution < -0.4 is 5.73 Å². The number of hydrogen-bond acceptors (Lipinski definition) is 4. The van der Waals surface area contributed by atoms with Gasteiger partial charge in [-0.3, -0.25) is 4.98 Å². The molecule has 21 heavy (non-hydrogen) atoms. The van der Waals surface area contributed by atoms with Crippen molar-refractivity contribution in [2.75, 3.05) is 0 Å². The molecule has 0 fully saturated rings. The van der Waals surface area contributed by atoms with E-state index in [1.165, 1.54) is 11.1 Å². The Kier molecular flexibility index (Phi) is 4.08. The minimum absolute atomic E-state index is 0.452. The van der Waals surface area contributed by atoms with E-state index in [0.29, 0.717) is 6.54 Å². The average Bonchev–Trinajstić information content (AvgIpc) is 2.99. The topological polar surface area (TPSA) is 51.8 Å². The van der Waals surface area contributed by atoms with Crippen LogP contribution in [0.2, 0.25) is 0 Å². The molecular weight excluding hydrogens is 278 g/mol. The van der Waals surface area contributed by atoms with Gasteiger partial charge in [0, 0.05) is 24.5 Å². The first-order chi connectivity index (χ1) is 10.3. The van der Waals surface area contributed by atoms with Gasteiger partial charge in [0.1, 0.15) is 5.01 Å². The van der Waals surface area contributed by atoms with Crippen molar-refractivity contribution in [2.24, 2.45) is 5.73 Å². The van der Waals surface area contributed by atoms with E-state index in [4.69, 9.17) is 10.7 Å². The SMILES string of the molecule is CCc1cnccc1-c1nc(CN)c(-c2ccccc2)s1. The normalized spacial score (nSPS) is 10.8. The summed E-state index contributed by atoms with van der Waals surface area (Å²) in [6, 6.07) is 12.3. The number of nitrogens with zero attached hydrogens (tertiary/aromatic N) is 2. The highest BCUT2D eigenvalue weighted by Crippen LogP contribution is 2.36. The molecule has 4 heteroatoms. The molecule has 0 aliphatic rings. The van der Waals surface area contributed by atoms with E-state index in [1.54, 1.807) is 11.3 Å². The van der Waals surface area contributed by atoms with Crippen LogP contribution in [0.1, 0.15) is 18.2 Å². The van der Waals surface area contributed by atoms with Gasteiger partial charge in [0.2, 0.25) is 0 Å². The lowest BCUT2D eigenvalue weighted by molar-refractivity contribution is 1.01. The highest BCUT2D eigenvalue weighted by molar-refractivity contribution is 7.18. The summed E-state index contributed by atoms with van der Waals surface area (Å²) in [5.41, 5.74) is 10.4.